The predicted octanol–water partition coefficient (Wildman–Crippen LogP) is 3.20. The second-order valence-electron chi connectivity index (χ2n) is 8.38. The summed E-state index contributed by atoms with van der Waals surface area (Å²) in [5, 5.41) is 0. The van der Waals surface area contributed by atoms with Crippen LogP contribution < -0.4 is 4.72 Å². The lowest BCUT2D eigenvalue weighted by Crippen LogP contribution is -2.53. The van der Waals surface area contributed by atoms with Crippen molar-refractivity contribution in [1.29, 1.82) is 0 Å². The summed E-state index contributed by atoms with van der Waals surface area (Å²) in [6.45, 7) is 7.44. The maximum atomic E-state index is 12.7. The second kappa shape index (κ2) is 6.85. The Morgan fingerprint density at radius 1 is 1.19 bits per heavy atom. The van der Waals surface area contributed by atoms with E-state index in [0.717, 1.165) is 18.4 Å². The van der Waals surface area contributed by atoms with Crippen LogP contribution in [0.3, 0.4) is 0 Å². The van der Waals surface area contributed by atoms with Gasteiger partial charge in [-0.25, -0.2) is 17.9 Å². The zero-order valence-corrected chi connectivity index (χ0v) is 16.7. The van der Waals surface area contributed by atoms with Gasteiger partial charge in [0.05, 0.1) is 4.90 Å². The third-order valence-electron chi connectivity index (χ3n) is 4.96. The zero-order chi connectivity index (χ0) is 19.1. The third-order valence-corrected chi connectivity index (χ3v) is 6.48. The molecule has 1 amide bonds. The number of amides is 1. The van der Waals surface area contributed by atoms with Crippen LogP contribution >= 0.6 is 0 Å². The van der Waals surface area contributed by atoms with Crippen molar-refractivity contribution in [3.05, 3.63) is 29.8 Å². The fraction of sp³-hybridized carbons (Fsp3) is 0.632. The molecule has 2 aliphatic rings. The van der Waals surface area contributed by atoms with Gasteiger partial charge in [-0.15, -0.1) is 0 Å². The summed E-state index contributed by atoms with van der Waals surface area (Å²) in [4.78, 5) is 14.6. The molecule has 2 heterocycles. The molecule has 26 heavy (non-hydrogen) atoms. The molecule has 3 rings (SSSR count). The summed E-state index contributed by atoms with van der Waals surface area (Å²) in [5.41, 5.74) is 0.382. The number of nitrogens with one attached hydrogen (secondary N) is 1. The van der Waals surface area contributed by atoms with Crippen molar-refractivity contribution in [2.45, 2.75) is 82.0 Å². The fourth-order valence-electron chi connectivity index (χ4n) is 3.96. The second-order valence-corrected chi connectivity index (χ2v) is 10.1. The summed E-state index contributed by atoms with van der Waals surface area (Å²) in [6.07, 6.45) is 2.76. The number of hydrogen-bond donors (Lipinski definition) is 1. The molecule has 2 bridgehead atoms. The molecule has 6 nitrogen and oxygen atoms in total. The largest absolute Gasteiger partial charge is 0.444 e. The molecule has 0 radical (unpaired) electrons. The van der Waals surface area contributed by atoms with E-state index in [-0.39, 0.29) is 24.2 Å². The van der Waals surface area contributed by atoms with Crippen LogP contribution in [0.25, 0.3) is 0 Å². The molecule has 0 saturated carbocycles. The number of nitrogens with zero attached hydrogens (tertiary/aromatic N) is 1. The van der Waals surface area contributed by atoms with Crippen molar-refractivity contribution in [2.24, 2.45) is 0 Å². The summed E-state index contributed by atoms with van der Waals surface area (Å²) in [7, 11) is -3.55. The Bertz CT molecular complexity index is 771. The first kappa shape index (κ1) is 19.2. The van der Waals surface area contributed by atoms with Gasteiger partial charge in [0.15, 0.2) is 0 Å². The van der Waals surface area contributed by atoms with Crippen LogP contribution in [-0.4, -0.2) is 43.1 Å². The van der Waals surface area contributed by atoms with Crippen molar-refractivity contribution in [3.63, 3.8) is 0 Å². The summed E-state index contributed by atoms with van der Waals surface area (Å²) < 4.78 is 33.7. The van der Waals surface area contributed by atoms with Gasteiger partial charge in [0, 0.05) is 18.1 Å². The molecular weight excluding hydrogens is 352 g/mol. The molecule has 3 atom stereocenters. The maximum Gasteiger partial charge on any atom is 0.410 e. The van der Waals surface area contributed by atoms with Gasteiger partial charge >= 0.3 is 6.09 Å². The smallest absolute Gasteiger partial charge is 0.410 e. The van der Waals surface area contributed by atoms with Gasteiger partial charge in [0.2, 0.25) is 10.0 Å². The number of piperidine rings is 1. The minimum absolute atomic E-state index is 0.0359. The fourth-order valence-corrected chi connectivity index (χ4v) is 5.32. The minimum Gasteiger partial charge on any atom is -0.444 e. The Labute approximate surface area is 156 Å². The van der Waals surface area contributed by atoms with E-state index in [1.165, 1.54) is 0 Å². The lowest BCUT2D eigenvalue weighted by molar-refractivity contribution is 0.00564. The average Bonchev–Trinajstić information content (AvgIpc) is 2.77. The summed E-state index contributed by atoms with van der Waals surface area (Å²) in [6, 6.07) is 6.82. The molecule has 7 heteroatoms. The van der Waals surface area contributed by atoms with Crippen LogP contribution in [0, 0.1) is 6.92 Å². The van der Waals surface area contributed by atoms with E-state index in [0.29, 0.717) is 17.7 Å². The predicted molar refractivity (Wildman–Crippen MR) is 99.4 cm³/mol. The number of fused-ring (bicyclic) bond motifs is 2. The number of aryl methyl sites for hydroxylation is 1. The van der Waals surface area contributed by atoms with E-state index in [1.807, 2.05) is 38.7 Å². The number of carbonyl (C=O) groups is 1. The van der Waals surface area contributed by atoms with Crippen LogP contribution in [0.4, 0.5) is 4.79 Å². The number of ether oxygens (including phenoxy) is 1. The first-order valence-corrected chi connectivity index (χ1v) is 10.6. The topological polar surface area (TPSA) is 75.7 Å². The first-order valence-electron chi connectivity index (χ1n) is 9.15. The van der Waals surface area contributed by atoms with Crippen LogP contribution in [0.5, 0.6) is 0 Å². The summed E-state index contributed by atoms with van der Waals surface area (Å²) in [5.74, 6) is 0. The average molecular weight is 381 g/mol. The van der Waals surface area contributed by atoms with Gasteiger partial charge in [-0.1, -0.05) is 12.1 Å². The lowest BCUT2D eigenvalue weighted by atomic mass is 9.99. The Morgan fingerprint density at radius 2 is 1.81 bits per heavy atom. The molecule has 0 aliphatic carbocycles. The zero-order valence-electron chi connectivity index (χ0n) is 15.9. The molecule has 2 aliphatic heterocycles. The highest BCUT2D eigenvalue weighted by Crippen LogP contribution is 2.37. The number of rotatable bonds is 3. The van der Waals surface area contributed by atoms with E-state index in [2.05, 4.69) is 4.72 Å². The quantitative estimate of drug-likeness (QED) is 0.874. The highest BCUT2D eigenvalue weighted by atomic mass is 32.2. The van der Waals surface area contributed by atoms with Crippen LogP contribution in [-0.2, 0) is 14.8 Å². The maximum absolute atomic E-state index is 12.7. The number of carbonyl (C=O) groups excluding carboxylic acids is 1. The molecule has 144 valence electrons. The van der Waals surface area contributed by atoms with Gasteiger partial charge in [0.1, 0.15) is 5.60 Å². The third kappa shape index (κ3) is 4.20. The highest BCUT2D eigenvalue weighted by molar-refractivity contribution is 7.89. The Kier molecular flexibility index (Phi) is 5.05. The standard InChI is InChI=1S/C19H28N2O4S/c1-13-6-5-7-17(10-13)26(23,24)20-14-11-15-8-9-16(12-14)21(15)18(22)25-19(2,3)4/h5-7,10,14-16,20H,8-9,11-12H2,1-4H3/t14?,15-,16+. The van der Waals surface area contributed by atoms with Gasteiger partial charge < -0.3 is 9.64 Å². The molecule has 1 N–H and O–H groups in total. The number of sulfonamides is 1. The van der Waals surface area contributed by atoms with Crippen molar-refractivity contribution < 1.29 is 17.9 Å². The normalized spacial score (nSPS) is 26.0. The van der Waals surface area contributed by atoms with E-state index in [4.69, 9.17) is 4.74 Å². The van der Waals surface area contributed by atoms with Crippen LogP contribution in [0.1, 0.15) is 52.0 Å². The molecule has 2 saturated heterocycles. The lowest BCUT2D eigenvalue weighted by Gasteiger charge is -2.39. The Hall–Kier alpha value is -1.60. The van der Waals surface area contributed by atoms with E-state index in [9.17, 15) is 13.2 Å². The Balaban J connectivity index is 1.68. The van der Waals surface area contributed by atoms with E-state index >= 15 is 0 Å². The Morgan fingerprint density at radius 3 is 2.35 bits per heavy atom. The van der Waals surface area contributed by atoms with Crippen molar-refractivity contribution >= 4 is 16.1 Å². The molecule has 2 fully saturated rings. The van der Waals surface area contributed by atoms with Gasteiger partial charge in [-0.05, 0) is 71.1 Å². The molecule has 0 spiro atoms. The van der Waals surface area contributed by atoms with Gasteiger partial charge in [-0.3, -0.25) is 0 Å². The monoisotopic (exact) mass is 380 g/mol. The highest BCUT2D eigenvalue weighted by Gasteiger charge is 2.45. The summed E-state index contributed by atoms with van der Waals surface area (Å²) >= 11 is 0. The van der Waals surface area contributed by atoms with Crippen molar-refractivity contribution in [2.75, 3.05) is 0 Å². The van der Waals surface area contributed by atoms with Gasteiger partial charge in [0.25, 0.3) is 0 Å². The van der Waals surface area contributed by atoms with Crippen molar-refractivity contribution in [1.82, 2.24) is 9.62 Å². The number of hydrogen-bond acceptors (Lipinski definition) is 4. The van der Waals surface area contributed by atoms with Crippen LogP contribution in [0.15, 0.2) is 29.2 Å². The molecule has 0 aromatic heterocycles. The molecular formula is C19H28N2O4S. The molecule has 1 aromatic rings. The van der Waals surface area contributed by atoms with Gasteiger partial charge in [-0.2, -0.15) is 0 Å². The number of benzene rings is 1. The van der Waals surface area contributed by atoms with E-state index in [1.54, 1.807) is 18.2 Å². The van der Waals surface area contributed by atoms with Crippen molar-refractivity contribution in [3.8, 4) is 0 Å². The first-order chi connectivity index (χ1) is 12.0. The molecule has 1 unspecified atom stereocenters. The molecule has 1 aromatic carbocycles. The van der Waals surface area contributed by atoms with Crippen LogP contribution in [0.2, 0.25) is 0 Å². The SMILES string of the molecule is Cc1cccc(S(=O)(=O)NC2C[C@H]3CC[C@@H](C2)N3C(=O)OC(C)(C)C)c1. The van der Waals surface area contributed by atoms with E-state index < -0.39 is 15.6 Å². The minimum atomic E-state index is -3.55.